The van der Waals surface area contributed by atoms with Crippen LogP contribution in [0.1, 0.15) is 18.4 Å². The Bertz CT molecular complexity index is 543. The molecule has 1 aromatic carbocycles. The lowest BCUT2D eigenvalue weighted by Gasteiger charge is -2.10. The predicted octanol–water partition coefficient (Wildman–Crippen LogP) is 1.31. The highest BCUT2D eigenvalue weighted by molar-refractivity contribution is 7.91. The molecule has 2 N–H and O–H groups in total. The topological polar surface area (TPSA) is 75.3 Å². The molecule has 1 unspecified atom stereocenters. The summed E-state index contributed by atoms with van der Waals surface area (Å²) in [6.45, 7) is 1.01. The molecule has 1 aliphatic heterocycles. The number of hydrogen-bond acceptors (Lipinski definition) is 3. The van der Waals surface area contributed by atoms with Crippen LogP contribution in [0.4, 0.5) is 4.79 Å². The van der Waals surface area contributed by atoms with E-state index in [1.165, 1.54) is 0 Å². The predicted molar refractivity (Wildman–Crippen MR) is 78.1 cm³/mol. The molecular formula is C14H20N2O3S. The molecule has 2 rings (SSSR count). The minimum absolute atomic E-state index is 0.189. The number of nitrogens with one attached hydrogen (secondary N) is 2. The smallest absolute Gasteiger partial charge is 0.315 e. The number of carbonyl (C=O) groups excluding carboxylic acids is 1. The average molecular weight is 296 g/mol. The zero-order chi connectivity index (χ0) is 14.4. The third-order valence-corrected chi connectivity index (χ3v) is 5.30. The Kier molecular flexibility index (Phi) is 5.00. The molecule has 1 aliphatic rings. The molecular weight excluding hydrogens is 276 g/mol. The standard InChI is InChI=1S/C14H20N2O3S/c17-14(16-10-12-4-2-1-3-5-12)15-8-6-13-7-9-20(18,19)11-13/h1-5,13H,6-11H2,(H2,15,16,17). The number of urea groups is 1. The first-order valence-electron chi connectivity index (χ1n) is 6.81. The van der Waals surface area contributed by atoms with Crippen molar-refractivity contribution >= 4 is 15.9 Å². The van der Waals surface area contributed by atoms with Gasteiger partial charge in [-0.15, -0.1) is 0 Å². The van der Waals surface area contributed by atoms with Crippen LogP contribution in [0.3, 0.4) is 0 Å². The Labute approximate surface area is 119 Å². The quantitative estimate of drug-likeness (QED) is 0.860. The summed E-state index contributed by atoms with van der Waals surface area (Å²) < 4.78 is 22.6. The molecule has 1 saturated heterocycles. The lowest BCUT2D eigenvalue weighted by atomic mass is 10.1. The van der Waals surface area contributed by atoms with E-state index in [-0.39, 0.29) is 23.5 Å². The Hall–Kier alpha value is -1.56. The van der Waals surface area contributed by atoms with Crippen molar-refractivity contribution in [2.75, 3.05) is 18.1 Å². The van der Waals surface area contributed by atoms with Crippen LogP contribution in [0.2, 0.25) is 0 Å². The number of sulfone groups is 1. The van der Waals surface area contributed by atoms with E-state index in [1.54, 1.807) is 0 Å². The van der Waals surface area contributed by atoms with Crippen LogP contribution in [0.25, 0.3) is 0 Å². The van der Waals surface area contributed by atoms with Crippen molar-refractivity contribution < 1.29 is 13.2 Å². The van der Waals surface area contributed by atoms with Gasteiger partial charge in [0.25, 0.3) is 0 Å². The zero-order valence-corrected chi connectivity index (χ0v) is 12.2. The molecule has 1 atom stereocenters. The van der Waals surface area contributed by atoms with Crippen LogP contribution in [-0.4, -0.2) is 32.5 Å². The number of benzene rings is 1. The fourth-order valence-electron chi connectivity index (χ4n) is 2.33. The van der Waals surface area contributed by atoms with Gasteiger partial charge in [-0.3, -0.25) is 0 Å². The molecule has 110 valence electrons. The fraction of sp³-hybridized carbons (Fsp3) is 0.500. The van der Waals surface area contributed by atoms with Gasteiger partial charge in [0.05, 0.1) is 11.5 Å². The van der Waals surface area contributed by atoms with E-state index < -0.39 is 9.84 Å². The van der Waals surface area contributed by atoms with E-state index in [2.05, 4.69) is 10.6 Å². The van der Waals surface area contributed by atoms with Crippen molar-refractivity contribution in [1.82, 2.24) is 10.6 Å². The maximum Gasteiger partial charge on any atom is 0.315 e. The van der Waals surface area contributed by atoms with Crippen LogP contribution >= 0.6 is 0 Å². The monoisotopic (exact) mass is 296 g/mol. The van der Waals surface area contributed by atoms with Gasteiger partial charge in [0.15, 0.2) is 9.84 Å². The van der Waals surface area contributed by atoms with Gasteiger partial charge in [0.1, 0.15) is 0 Å². The largest absolute Gasteiger partial charge is 0.338 e. The maximum atomic E-state index is 11.6. The number of amides is 2. The molecule has 20 heavy (non-hydrogen) atoms. The molecule has 1 heterocycles. The molecule has 0 spiro atoms. The Morgan fingerprint density at radius 2 is 1.95 bits per heavy atom. The normalized spacial score (nSPS) is 20.5. The van der Waals surface area contributed by atoms with E-state index in [0.29, 0.717) is 13.1 Å². The second-order valence-electron chi connectivity index (χ2n) is 5.15. The summed E-state index contributed by atoms with van der Waals surface area (Å²) in [7, 11) is -2.82. The van der Waals surface area contributed by atoms with Crippen LogP contribution < -0.4 is 10.6 Å². The highest BCUT2D eigenvalue weighted by Crippen LogP contribution is 2.20. The lowest BCUT2D eigenvalue weighted by Crippen LogP contribution is -2.36. The van der Waals surface area contributed by atoms with Crippen molar-refractivity contribution in [1.29, 1.82) is 0 Å². The van der Waals surface area contributed by atoms with Gasteiger partial charge in [-0.2, -0.15) is 0 Å². The van der Waals surface area contributed by atoms with Crippen LogP contribution in [0.5, 0.6) is 0 Å². The van der Waals surface area contributed by atoms with Crippen LogP contribution in [0, 0.1) is 5.92 Å². The van der Waals surface area contributed by atoms with Gasteiger partial charge >= 0.3 is 6.03 Å². The lowest BCUT2D eigenvalue weighted by molar-refractivity contribution is 0.240. The molecule has 5 nitrogen and oxygen atoms in total. The molecule has 2 amide bonds. The molecule has 1 aromatic rings. The van der Waals surface area contributed by atoms with Crippen molar-refractivity contribution in [3.63, 3.8) is 0 Å². The van der Waals surface area contributed by atoms with Gasteiger partial charge in [-0.05, 0) is 24.3 Å². The van der Waals surface area contributed by atoms with E-state index >= 15 is 0 Å². The Morgan fingerprint density at radius 3 is 2.60 bits per heavy atom. The third-order valence-electron chi connectivity index (χ3n) is 3.46. The number of rotatable bonds is 5. The summed E-state index contributed by atoms with van der Waals surface area (Å²) in [4.78, 5) is 11.6. The Morgan fingerprint density at radius 1 is 1.20 bits per heavy atom. The number of hydrogen-bond donors (Lipinski definition) is 2. The van der Waals surface area contributed by atoms with Crippen LogP contribution in [-0.2, 0) is 16.4 Å². The fourth-order valence-corrected chi connectivity index (χ4v) is 4.24. The summed E-state index contributed by atoms with van der Waals surface area (Å²) in [5.41, 5.74) is 1.05. The van der Waals surface area contributed by atoms with E-state index in [9.17, 15) is 13.2 Å². The molecule has 1 fully saturated rings. The average Bonchev–Trinajstić information content (AvgIpc) is 2.77. The first-order valence-corrected chi connectivity index (χ1v) is 8.63. The van der Waals surface area contributed by atoms with Crippen molar-refractivity contribution in [2.45, 2.75) is 19.4 Å². The minimum atomic E-state index is -2.82. The zero-order valence-electron chi connectivity index (χ0n) is 11.3. The maximum absolute atomic E-state index is 11.6. The SMILES string of the molecule is O=C(NCCC1CCS(=O)(=O)C1)NCc1ccccc1. The minimum Gasteiger partial charge on any atom is -0.338 e. The number of carbonyl (C=O) groups is 1. The van der Waals surface area contributed by atoms with Gasteiger partial charge in [-0.25, -0.2) is 13.2 Å². The summed E-state index contributed by atoms with van der Waals surface area (Å²) in [5, 5.41) is 5.53. The van der Waals surface area contributed by atoms with E-state index in [4.69, 9.17) is 0 Å². The van der Waals surface area contributed by atoms with E-state index in [1.807, 2.05) is 30.3 Å². The summed E-state index contributed by atoms with van der Waals surface area (Å²) in [5.74, 6) is 0.743. The second-order valence-corrected chi connectivity index (χ2v) is 7.38. The van der Waals surface area contributed by atoms with Gasteiger partial charge in [0.2, 0.25) is 0 Å². The van der Waals surface area contributed by atoms with Crippen molar-refractivity contribution in [2.24, 2.45) is 5.92 Å². The van der Waals surface area contributed by atoms with Crippen molar-refractivity contribution in [3.05, 3.63) is 35.9 Å². The summed E-state index contributed by atoms with van der Waals surface area (Å²) in [6, 6.07) is 9.46. The van der Waals surface area contributed by atoms with Gasteiger partial charge in [0, 0.05) is 13.1 Å². The van der Waals surface area contributed by atoms with E-state index in [0.717, 1.165) is 18.4 Å². The molecule has 0 aliphatic carbocycles. The molecule has 0 saturated carbocycles. The van der Waals surface area contributed by atoms with Gasteiger partial charge in [-0.1, -0.05) is 30.3 Å². The third kappa shape index (κ3) is 4.85. The highest BCUT2D eigenvalue weighted by atomic mass is 32.2. The molecule has 6 heteroatoms. The van der Waals surface area contributed by atoms with Crippen molar-refractivity contribution in [3.8, 4) is 0 Å². The Balaban J connectivity index is 1.61. The first-order chi connectivity index (χ1) is 9.55. The molecule has 0 aromatic heterocycles. The first kappa shape index (κ1) is 14.8. The summed E-state index contributed by atoms with van der Waals surface area (Å²) >= 11 is 0. The van der Waals surface area contributed by atoms with Gasteiger partial charge < -0.3 is 10.6 Å². The molecule has 0 bridgehead atoms. The summed E-state index contributed by atoms with van der Waals surface area (Å²) in [6.07, 6.45) is 1.44. The van der Waals surface area contributed by atoms with Crippen LogP contribution in [0.15, 0.2) is 30.3 Å². The highest BCUT2D eigenvalue weighted by Gasteiger charge is 2.27. The molecule has 0 radical (unpaired) electrons. The second kappa shape index (κ2) is 6.74.